The Morgan fingerprint density at radius 2 is 1.93 bits per heavy atom. The molecule has 0 saturated heterocycles. The zero-order valence-electron chi connectivity index (χ0n) is 16.2. The van der Waals surface area contributed by atoms with Crippen LogP contribution >= 0.6 is 0 Å². The van der Waals surface area contributed by atoms with E-state index in [4.69, 9.17) is 9.15 Å². The Labute approximate surface area is 168 Å². The van der Waals surface area contributed by atoms with Gasteiger partial charge in [0.2, 0.25) is 10.0 Å². The molecule has 0 fully saturated rings. The molecule has 0 aliphatic carbocycles. The molecule has 0 unspecified atom stereocenters. The minimum absolute atomic E-state index is 0.0734. The van der Waals surface area contributed by atoms with Crippen LogP contribution in [0.1, 0.15) is 6.92 Å². The smallest absolute Gasteiger partial charge is 0.246 e. The predicted octanol–water partition coefficient (Wildman–Crippen LogP) is 3.77. The Morgan fingerprint density at radius 3 is 2.69 bits per heavy atom. The summed E-state index contributed by atoms with van der Waals surface area (Å²) < 4.78 is 38.0. The molecule has 9 heteroatoms. The maximum atomic E-state index is 12.7. The van der Waals surface area contributed by atoms with Crippen LogP contribution in [-0.4, -0.2) is 43.4 Å². The Bertz CT molecular complexity index is 1300. The van der Waals surface area contributed by atoms with E-state index in [1.54, 1.807) is 19.1 Å². The molecule has 0 spiro atoms. The highest BCUT2D eigenvalue weighted by Gasteiger charge is 2.23. The first kappa shape index (κ1) is 19.2. The molecule has 2 heterocycles. The maximum absolute atomic E-state index is 12.7. The largest absolute Gasteiger partial charge is 0.492 e. The van der Waals surface area contributed by atoms with Gasteiger partial charge < -0.3 is 14.5 Å². The predicted molar refractivity (Wildman–Crippen MR) is 111 cm³/mol. The second-order valence-corrected chi connectivity index (χ2v) is 8.63. The van der Waals surface area contributed by atoms with E-state index < -0.39 is 10.0 Å². The number of hydrogen-bond donors (Lipinski definition) is 1. The number of para-hydroxylation sites is 1. The van der Waals surface area contributed by atoms with E-state index in [-0.39, 0.29) is 4.90 Å². The van der Waals surface area contributed by atoms with Crippen molar-refractivity contribution in [1.82, 2.24) is 14.3 Å². The number of aromatic nitrogens is 2. The third-order valence-corrected chi connectivity index (χ3v) is 6.26. The van der Waals surface area contributed by atoms with Gasteiger partial charge in [0.25, 0.3) is 0 Å². The van der Waals surface area contributed by atoms with E-state index in [2.05, 4.69) is 15.3 Å². The fourth-order valence-electron chi connectivity index (χ4n) is 3.01. The van der Waals surface area contributed by atoms with Gasteiger partial charge in [0, 0.05) is 25.2 Å². The zero-order chi connectivity index (χ0) is 20.6. The summed E-state index contributed by atoms with van der Waals surface area (Å²) in [6.45, 7) is 2.16. The minimum atomic E-state index is -3.70. The number of sulfonamides is 1. The summed E-state index contributed by atoms with van der Waals surface area (Å²) in [5, 5.41) is 4.03. The first-order valence-electron chi connectivity index (χ1n) is 9.00. The van der Waals surface area contributed by atoms with Gasteiger partial charge in [-0.25, -0.2) is 22.7 Å². The Hall–Kier alpha value is -3.17. The lowest BCUT2D eigenvalue weighted by atomic mass is 10.2. The first-order chi connectivity index (χ1) is 13.9. The summed E-state index contributed by atoms with van der Waals surface area (Å²) in [5.74, 6) is 0.742. The van der Waals surface area contributed by atoms with E-state index in [1.165, 1.54) is 26.5 Å². The number of nitrogens with one attached hydrogen (secondary N) is 1. The highest BCUT2D eigenvalue weighted by atomic mass is 32.2. The van der Waals surface area contributed by atoms with Crippen molar-refractivity contribution in [2.75, 3.05) is 26.0 Å². The molecular weight excluding hydrogens is 392 g/mol. The van der Waals surface area contributed by atoms with Crippen molar-refractivity contribution >= 4 is 43.6 Å². The molecule has 0 aliphatic rings. The van der Waals surface area contributed by atoms with Crippen molar-refractivity contribution in [2.24, 2.45) is 0 Å². The average molecular weight is 412 g/mol. The number of ether oxygens (including phenoxy) is 1. The number of nitrogens with zero attached hydrogens (tertiary/aromatic N) is 3. The number of furan rings is 1. The van der Waals surface area contributed by atoms with Gasteiger partial charge >= 0.3 is 0 Å². The van der Waals surface area contributed by atoms with Gasteiger partial charge in [-0.15, -0.1) is 0 Å². The summed E-state index contributed by atoms with van der Waals surface area (Å²) in [6.07, 6.45) is 1.44. The molecule has 0 radical (unpaired) electrons. The molecule has 0 atom stereocenters. The Morgan fingerprint density at radius 1 is 1.14 bits per heavy atom. The van der Waals surface area contributed by atoms with Crippen LogP contribution in [0, 0.1) is 0 Å². The average Bonchev–Trinajstić information content (AvgIpc) is 3.09. The van der Waals surface area contributed by atoms with Crippen LogP contribution in [0.2, 0.25) is 0 Å². The SMILES string of the molecule is CCOc1ccc(Nc2ncnc3c2oc2ccccc23)cc1S(=O)(=O)N(C)C. The Kier molecular flexibility index (Phi) is 4.85. The lowest BCUT2D eigenvalue weighted by molar-refractivity contribution is 0.330. The number of benzene rings is 2. The molecular formula is C20H20N4O4S. The molecule has 0 amide bonds. The van der Waals surface area contributed by atoms with Gasteiger partial charge in [-0.2, -0.15) is 0 Å². The van der Waals surface area contributed by atoms with E-state index in [0.717, 1.165) is 9.69 Å². The molecule has 2 aromatic heterocycles. The molecule has 29 heavy (non-hydrogen) atoms. The fraction of sp³-hybridized carbons (Fsp3) is 0.200. The van der Waals surface area contributed by atoms with Crippen molar-refractivity contribution in [3.05, 3.63) is 48.8 Å². The second-order valence-electron chi connectivity index (χ2n) is 6.51. The highest BCUT2D eigenvalue weighted by molar-refractivity contribution is 7.89. The van der Waals surface area contributed by atoms with Crippen LogP contribution in [-0.2, 0) is 10.0 Å². The standard InChI is InChI=1S/C20H20N4O4S/c1-4-27-16-10-9-13(11-17(16)29(25,26)24(2)3)23-20-19-18(21-12-22-20)14-7-5-6-8-15(14)28-19/h5-12H,4H2,1-3H3,(H,21,22,23). The second kappa shape index (κ2) is 7.34. The van der Waals surface area contributed by atoms with Gasteiger partial charge in [0.15, 0.2) is 11.4 Å². The van der Waals surface area contributed by atoms with Crippen LogP contribution < -0.4 is 10.1 Å². The lowest BCUT2D eigenvalue weighted by Gasteiger charge is -2.16. The molecule has 2 aromatic carbocycles. The van der Waals surface area contributed by atoms with Crippen LogP contribution in [0.25, 0.3) is 22.1 Å². The topological polar surface area (TPSA) is 97.6 Å². The van der Waals surface area contributed by atoms with Crippen molar-refractivity contribution in [3.63, 3.8) is 0 Å². The first-order valence-corrected chi connectivity index (χ1v) is 10.4. The normalized spacial score (nSPS) is 12.0. The van der Waals surface area contributed by atoms with E-state index in [0.29, 0.717) is 40.5 Å². The van der Waals surface area contributed by atoms with Gasteiger partial charge in [-0.3, -0.25) is 0 Å². The Balaban J connectivity index is 1.81. The van der Waals surface area contributed by atoms with Crippen LogP contribution in [0.3, 0.4) is 0 Å². The maximum Gasteiger partial charge on any atom is 0.246 e. The van der Waals surface area contributed by atoms with Gasteiger partial charge in [0.1, 0.15) is 28.1 Å². The monoisotopic (exact) mass is 412 g/mol. The third-order valence-electron chi connectivity index (χ3n) is 4.42. The van der Waals surface area contributed by atoms with Gasteiger partial charge in [-0.1, -0.05) is 12.1 Å². The van der Waals surface area contributed by atoms with E-state index >= 15 is 0 Å². The van der Waals surface area contributed by atoms with Crippen molar-refractivity contribution in [2.45, 2.75) is 11.8 Å². The van der Waals surface area contributed by atoms with Gasteiger partial charge in [0.05, 0.1) is 6.61 Å². The molecule has 0 aliphatic heterocycles. The third kappa shape index (κ3) is 3.39. The summed E-state index contributed by atoms with van der Waals surface area (Å²) in [5.41, 5.74) is 2.42. The van der Waals surface area contributed by atoms with Crippen molar-refractivity contribution < 1.29 is 17.6 Å². The lowest BCUT2D eigenvalue weighted by Crippen LogP contribution is -2.23. The summed E-state index contributed by atoms with van der Waals surface area (Å²) in [4.78, 5) is 8.67. The molecule has 0 saturated carbocycles. The molecule has 1 N–H and O–H groups in total. The van der Waals surface area contributed by atoms with Crippen LogP contribution in [0.4, 0.5) is 11.5 Å². The quantitative estimate of drug-likeness (QED) is 0.515. The fourth-order valence-corrected chi connectivity index (χ4v) is 4.06. The summed E-state index contributed by atoms with van der Waals surface area (Å²) >= 11 is 0. The molecule has 4 rings (SSSR count). The zero-order valence-corrected chi connectivity index (χ0v) is 17.0. The van der Waals surface area contributed by atoms with Crippen LogP contribution in [0.5, 0.6) is 5.75 Å². The van der Waals surface area contributed by atoms with Crippen LogP contribution in [0.15, 0.2) is 58.1 Å². The molecule has 0 bridgehead atoms. The number of rotatable bonds is 6. The summed E-state index contributed by atoms with van der Waals surface area (Å²) in [7, 11) is -0.736. The number of fused-ring (bicyclic) bond motifs is 3. The van der Waals surface area contributed by atoms with Gasteiger partial charge in [-0.05, 0) is 37.3 Å². The highest BCUT2D eigenvalue weighted by Crippen LogP contribution is 2.34. The van der Waals surface area contributed by atoms with E-state index in [1.807, 2.05) is 24.3 Å². The van der Waals surface area contributed by atoms with Crippen molar-refractivity contribution in [1.29, 1.82) is 0 Å². The number of anilines is 2. The molecule has 4 aromatic rings. The number of hydrogen-bond acceptors (Lipinski definition) is 7. The van der Waals surface area contributed by atoms with Crippen molar-refractivity contribution in [3.8, 4) is 5.75 Å². The molecule has 150 valence electrons. The van der Waals surface area contributed by atoms with E-state index in [9.17, 15) is 8.42 Å². The summed E-state index contributed by atoms with van der Waals surface area (Å²) in [6, 6.07) is 12.5. The molecule has 8 nitrogen and oxygen atoms in total. The minimum Gasteiger partial charge on any atom is -0.492 e.